The van der Waals surface area contributed by atoms with E-state index in [2.05, 4.69) is 9.97 Å². The highest BCUT2D eigenvalue weighted by molar-refractivity contribution is 7.13. The molecule has 0 aliphatic rings. The smallest absolute Gasteiger partial charge is 0.311 e. The molecule has 3 aromatic rings. The van der Waals surface area contributed by atoms with Gasteiger partial charge < -0.3 is 5.73 Å². The molecule has 0 saturated heterocycles. The predicted molar refractivity (Wildman–Crippen MR) is 81.8 cm³/mol. The Morgan fingerprint density at radius 3 is 2.62 bits per heavy atom. The maximum absolute atomic E-state index is 11.1. The summed E-state index contributed by atoms with van der Waals surface area (Å²) in [5.74, 6) is -0.0822. The molecule has 0 saturated carbocycles. The predicted octanol–water partition coefficient (Wildman–Crippen LogP) is 3.36. The molecule has 7 heteroatoms. The van der Waals surface area contributed by atoms with E-state index in [-0.39, 0.29) is 11.5 Å². The lowest BCUT2D eigenvalue weighted by Crippen LogP contribution is -2.01. The number of anilines is 1. The fourth-order valence-electron chi connectivity index (χ4n) is 2.02. The van der Waals surface area contributed by atoms with E-state index in [1.165, 1.54) is 17.4 Å². The van der Waals surface area contributed by atoms with Gasteiger partial charge in [-0.05, 0) is 29.1 Å². The molecule has 0 unspecified atom stereocenters. The zero-order chi connectivity index (χ0) is 14.8. The number of pyridine rings is 2. The van der Waals surface area contributed by atoms with Gasteiger partial charge in [0, 0.05) is 24.0 Å². The number of nitrogens with zero attached hydrogens (tertiary/aromatic N) is 3. The second-order valence-corrected chi connectivity index (χ2v) is 5.21. The van der Waals surface area contributed by atoms with Crippen molar-refractivity contribution in [2.75, 3.05) is 5.73 Å². The van der Waals surface area contributed by atoms with Gasteiger partial charge >= 0.3 is 5.69 Å². The van der Waals surface area contributed by atoms with Gasteiger partial charge in [0.15, 0.2) is 0 Å². The van der Waals surface area contributed by atoms with Gasteiger partial charge in [0.05, 0.1) is 15.5 Å². The number of hydrogen-bond acceptors (Lipinski definition) is 6. The second-order valence-electron chi connectivity index (χ2n) is 4.26. The SMILES string of the molecule is Nc1nc(-c2cccs2)c(-c2ccncc2)cc1[N+](=O)[O-]. The van der Waals surface area contributed by atoms with E-state index in [0.29, 0.717) is 11.3 Å². The van der Waals surface area contributed by atoms with Gasteiger partial charge in [-0.25, -0.2) is 4.98 Å². The van der Waals surface area contributed by atoms with Crippen molar-refractivity contribution in [2.24, 2.45) is 0 Å². The van der Waals surface area contributed by atoms with Crippen LogP contribution in [-0.4, -0.2) is 14.9 Å². The van der Waals surface area contributed by atoms with Gasteiger partial charge in [-0.2, -0.15) is 0 Å². The van der Waals surface area contributed by atoms with Crippen LogP contribution in [0.2, 0.25) is 0 Å². The van der Waals surface area contributed by atoms with Crippen molar-refractivity contribution in [1.82, 2.24) is 9.97 Å². The summed E-state index contributed by atoms with van der Waals surface area (Å²) in [5.41, 5.74) is 7.64. The standard InChI is InChI=1S/C14H10N4O2S/c15-14-11(18(19)20)8-10(9-3-5-16-6-4-9)13(17-14)12-2-1-7-21-12/h1-8H,(H2,15,17). The minimum absolute atomic E-state index is 0.0822. The van der Waals surface area contributed by atoms with Crippen molar-refractivity contribution in [1.29, 1.82) is 0 Å². The number of rotatable bonds is 3. The zero-order valence-corrected chi connectivity index (χ0v) is 11.6. The Labute approximate surface area is 124 Å². The molecule has 0 amide bonds. The normalized spacial score (nSPS) is 10.5. The van der Waals surface area contributed by atoms with Crippen LogP contribution in [0.1, 0.15) is 0 Å². The lowest BCUT2D eigenvalue weighted by atomic mass is 10.0. The first-order chi connectivity index (χ1) is 10.2. The first kappa shape index (κ1) is 13.2. The Balaban J connectivity index is 2.29. The Hall–Kier alpha value is -2.80. The van der Waals surface area contributed by atoms with Crippen LogP contribution in [0.5, 0.6) is 0 Å². The summed E-state index contributed by atoms with van der Waals surface area (Å²) in [4.78, 5) is 19.7. The molecule has 0 fully saturated rings. The van der Waals surface area contributed by atoms with Gasteiger partial charge in [-0.15, -0.1) is 11.3 Å². The van der Waals surface area contributed by atoms with E-state index in [1.54, 1.807) is 24.5 Å². The van der Waals surface area contributed by atoms with Crippen molar-refractivity contribution >= 4 is 22.8 Å². The second kappa shape index (κ2) is 5.29. The maximum atomic E-state index is 11.1. The van der Waals surface area contributed by atoms with Crippen LogP contribution in [0, 0.1) is 10.1 Å². The molecule has 0 bridgehead atoms. The van der Waals surface area contributed by atoms with Crippen LogP contribution in [0.15, 0.2) is 48.1 Å². The molecule has 21 heavy (non-hydrogen) atoms. The van der Waals surface area contributed by atoms with Crippen LogP contribution in [0.25, 0.3) is 21.7 Å². The molecule has 3 aromatic heterocycles. The van der Waals surface area contributed by atoms with E-state index in [0.717, 1.165) is 10.4 Å². The third kappa shape index (κ3) is 2.46. The van der Waals surface area contributed by atoms with E-state index in [4.69, 9.17) is 5.73 Å². The quantitative estimate of drug-likeness (QED) is 0.591. The Morgan fingerprint density at radius 1 is 1.24 bits per heavy atom. The maximum Gasteiger partial charge on any atom is 0.311 e. The first-order valence-corrected chi connectivity index (χ1v) is 6.94. The third-order valence-corrected chi connectivity index (χ3v) is 3.85. The topological polar surface area (TPSA) is 94.9 Å². The molecular weight excluding hydrogens is 288 g/mol. The van der Waals surface area contributed by atoms with Gasteiger partial charge in [0.1, 0.15) is 0 Å². The summed E-state index contributed by atoms with van der Waals surface area (Å²) >= 11 is 1.50. The number of nitrogen functional groups attached to an aromatic ring is 1. The minimum Gasteiger partial charge on any atom is -0.378 e. The lowest BCUT2D eigenvalue weighted by molar-refractivity contribution is -0.384. The van der Waals surface area contributed by atoms with Gasteiger partial charge in [0.2, 0.25) is 5.82 Å². The summed E-state index contributed by atoms with van der Waals surface area (Å²) in [6.07, 6.45) is 3.27. The fraction of sp³-hybridized carbons (Fsp3) is 0. The average molecular weight is 298 g/mol. The van der Waals surface area contributed by atoms with Crippen molar-refractivity contribution in [2.45, 2.75) is 0 Å². The highest BCUT2D eigenvalue weighted by Gasteiger charge is 2.20. The molecule has 2 N–H and O–H groups in total. The van der Waals surface area contributed by atoms with E-state index in [9.17, 15) is 10.1 Å². The summed E-state index contributed by atoms with van der Waals surface area (Å²) in [5, 5.41) is 13.0. The van der Waals surface area contributed by atoms with E-state index >= 15 is 0 Å². The van der Waals surface area contributed by atoms with Crippen molar-refractivity contribution < 1.29 is 4.92 Å². The summed E-state index contributed by atoms with van der Waals surface area (Å²) in [6, 6.07) is 8.84. The molecule has 3 heterocycles. The first-order valence-electron chi connectivity index (χ1n) is 6.06. The molecular formula is C14H10N4O2S. The molecule has 0 aliphatic carbocycles. The third-order valence-electron chi connectivity index (χ3n) is 2.97. The van der Waals surface area contributed by atoms with Crippen LogP contribution in [-0.2, 0) is 0 Å². The van der Waals surface area contributed by atoms with Gasteiger partial charge in [-0.1, -0.05) is 6.07 Å². The molecule has 0 radical (unpaired) electrons. The Kier molecular flexibility index (Phi) is 3.33. The summed E-state index contributed by atoms with van der Waals surface area (Å²) in [6.45, 7) is 0. The molecule has 3 rings (SSSR count). The van der Waals surface area contributed by atoms with E-state index < -0.39 is 4.92 Å². The van der Waals surface area contributed by atoms with Crippen molar-refractivity contribution in [3.63, 3.8) is 0 Å². The molecule has 0 atom stereocenters. The number of nitrogens with two attached hydrogens (primary N) is 1. The highest BCUT2D eigenvalue weighted by Crippen LogP contribution is 2.37. The van der Waals surface area contributed by atoms with Gasteiger partial charge in [-0.3, -0.25) is 15.1 Å². The molecule has 6 nitrogen and oxygen atoms in total. The number of hydrogen-bond donors (Lipinski definition) is 1. The van der Waals surface area contributed by atoms with Crippen LogP contribution in [0.3, 0.4) is 0 Å². The number of aromatic nitrogens is 2. The monoisotopic (exact) mass is 298 g/mol. The van der Waals surface area contributed by atoms with E-state index in [1.807, 2.05) is 17.5 Å². The van der Waals surface area contributed by atoms with Crippen LogP contribution >= 0.6 is 11.3 Å². The van der Waals surface area contributed by atoms with Crippen LogP contribution in [0.4, 0.5) is 11.5 Å². The molecule has 0 aliphatic heterocycles. The zero-order valence-electron chi connectivity index (χ0n) is 10.8. The van der Waals surface area contributed by atoms with Crippen molar-refractivity contribution in [3.8, 4) is 21.7 Å². The van der Waals surface area contributed by atoms with Crippen LogP contribution < -0.4 is 5.73 Å². The summed E-state index contributed by atoms with van der Waals surface area (Å²) < 4.78 is 0. The minimum atomic E-state index is -0.523. The Morgan fingerprint density at radius 2 is 2.00 bits per heavy atom. The fourth-order valence-corrected chi connectivity index (χ4v) is 2.74. The average Bonchev–Trinajstić information content (AvgIpc) is 3.01. The Bertz CT molecular complexity index is 788. The van der Waals surface area contributed by atoms with Gasteiger partial charge in [0.25, 0.3) is 0 Å². The number of nitro groups is 1. The number of thiophene rings is 1. The summed E-state index contributed by atoms with van der Waals surface area (Å²) in [7, 11) is 0. The van der Waals surface area contributed by atoms with Crippen molar-refractivity contribution in [3.05, 3.63) is 58.2 Å². The lowest BCUT2D eigenvalue weighted by Gasteiger charge is -2.09. The highest BCUT2D eigenvalue weighted by atomic mass is 32.1. The largest absolute Gasteiger partial charge is 0.378 e. The molecule has 0 spiro atoms. The molecule has 0 aromatic carbocycles. The molecule has 104 valence electrons.